The summed E-state index contributed by atoms with van der Waals surface area (Å²) in [5.41, 5.74) is 0.721. The van der Waals surface area contributed by atoms with Gasteiger partial charge < -0.3 is 4.90 Å². The first-order chi connectivity index (χ1) is 12.3. The van der Waals surface area contributed by atoms with Crippen LogP contribution in [-0.4, -0.2) is 73.4 Å². The number of amides is 1. The van der Waals surface area contributed by atoms with Crippen LogP contribution in [0.1, 0.15) is 37.1 Å². The van der Waals surface area contributed by atoms with Crippen LogP contribution in [0.25, 0.3) is 0 Å². The molecule has 0 spiro atoms. The summed E-state index contributed by atoms with van der Waals surface area (Å²) < 4.78 is 1.53. The van der Waals surface area contributed by atoms with E-state index in [9.17, 15) is 9.59 Å². The average Bonchev–Trinajstić information content (AvgIpc) is 3.14. The van der Waals surface area contributed by atoms with Crippen molar-refractivity contribution in [3.8, 4) is 0 Å². The van der Waals surface area contributed by atoms with Gasteiger partial charge in [-0.05, 0) is 6.07 Å². The lowest BCUT2D eigenvalue weighted by atomic mass is 9.92. The molecule has 0 radical (unpaired) electrons. The zero-order valence-electron chi connectivity index (χ0n) is 15.5. The van der Waals surface area contributed by atoms with Gasteiger partial charge in [-0.25, -0.2) is 9.67 Å². The lowest BCUT2D eigenvalue weighted by molar-refractivity contribution is 0.0620. The highest BCUT2D eigenvalue weighted by atomic mass is 16.2. The number of carbonyl (C=O) groups is 1. The molecule has 2 aromatic heterocycles. The third-order valence-electron chi connectivity index (χ3n) is 4.54. The first-order valence-electron chi connectivity index (χ1n) is 8.80. The summed E-state index contributed by atoms with van der Waals surface area (Å²) in [4.78, 5) is 32.2. The Morgan fingerprint density at radius 1 is 1.15 bits per heavy atom. The zero-order valence-corrected chi connectivity index (χ0v) is 15.5. The summed E-state index contributed by atoms with van der Waals surface area (Å²) in [6.07, 6.45) is 1.33. The number of rotatable bonds is 4. The molecule has 0 aliphatic carbocycles. The second-order valence-corrected chi connectivity index (χ2v) is 7.50. The van der Waals surface area contributed by atoms with E-state index in [0.717, 1.165) is 25.3 Å². The minimum absolute atomic E-state index is 0.0860. The van der Waals surface area contributed by atoms with Crippen molar-refractivity contribution in [3.63, 3.8) is 0 Å². The highest BCUT2D eigenvalue weighted by molar-refractivity contribution is 5.90. The Balaban J connectivity index is 1.54. The average molecular weight is 359 g/mol. The monoisotopic (exact) mass is 359 g/mol. The molecule has 1 fully saturated rings. The molecular formula is C17H25N7O2. The summed E-state index contributed by atoms with van der Waals surface area (Å²) >= 11 is 0. The van der Waals surface area contributed by atoms with Crippen molar-refractivity contribution >= 4 is 5.91 Å². The van der Waals surface area contributed by atoms with Gasteiger partial charge in [0.25, 0.3) is 11.5 Å². The lowest BCUT2D eigenvalue weighted by Gasteiger charge is -2.34. The van der Waals surface area contributed by atoms with Gasteiger partial charge in [-0.3, -0.25) is 19.6 Å². The summed E-state index contributed by atoms with van der Waals surface area (Å²) in [5.74, 6) is 0.145. The van der Waals surface area contributed by atoms with Crippen molar-refractivity contribution in [2.45, 2.75) is 32.7 Å². The first-order valence-corrected chi connectivity index (χ1v) is 8.80. The van der Waals surface area contributed by atoms with E-state index in [4.69, 9.17) is 0 Å². The second kappa shape index (κ2) is 7.36. The van der Waals surface area contributed by atoms with Gasteiger partial charge in [0.2, 0.25) is 5.82 Å². The number of aromatic amines is 1. The van der Waals surface area contributed by atoms with Gasteiger partial charge in [-0.15, -0.1) is 0 Å². The molecule has 9 nitrogen and oxygen atoms in total. The Hall–Kier alpha value is -2.55. The molecule has 1 amide bonds. The normalized spacial score (nSPS) is 16.0. The summed E-state index contributed by atoms with van der Waals surface area (Å²) in [6.45, 7) is 10.3. The lowest BCUT2D eigenvalue weighted by Crippen LogP contribution is -2.49. The molecule has 0 saturated carbocycles. The van der Waals surface area contributed by atoms with Gasteiger partial charge in [0.05, 0.1) is 12.2 Å². The van der Waals surface area contributed by atoms with Crippen LogP contribution in [0.3, 0.4) is 0 Å². The number of piperazine rings is 1. The molecule has 0 bridgehead atoms. The molecule has 1 N–H and O–H groups in total. The van der Waals surface area contributed by atoms with Crippen LogP contribution in [0.2, 0.25) is 0 Å². The Bertz CT molecular complexity index is 799. The molecule has 1 saturated heterocycles. The fraction of sp³-hybridized carbons (Fsp3) is 0.588. The van der Waals surface area contributed by atoms with Crippen molar-refractivity contribution in [2.75, 3.05) is 32.7 Å². The van der Waals surface area contributed by atoms with Crippen LogP contribution in [0, 0.1) is 0 Å². The largest absolute Gasteiger partial charge is 0.333 e. The molecule has 1 aliphatic heterocycles. The molecule has 140 valence electrons. The smallest absolute Gasteiger partial charge is 0.291 e. The number of nitrogens with zero attached hydrogens (tertiary/aromatic N) is 6. The van der Waals surface area contributed by atoms with Gasteiger partial charge in [0.15, 0.2) is 0 Å². The Morgan fingerprint density at radius 2 is 1.88 bits per heavy atom. The Morgan fingerprint density at radius 3 is 2.50 bits per heavy atom. The number of carbonyl (C=O) groups excluding carboxylic acids is 1. The molecule has 26 heavy (non-hydrogen) atoms. The van der Waals surface area contributed by atoms with E-state index in [2.05, 4.69) is 46.0 Å². The van der Waals surface area contributed by atoms with E-state index in [0.29, 0.717) is 19.6 Å². The number of hydrogen-bond acceptors (Lipinski definition) is 6. The topological polar surface area (TPSA) is 100 Å². The molecule has 3 rings (SSSR count). The van der Waals surface area contributed by atoms with Gasteiger partial charge in [-0.2, -0.15) is 10.2 Å². The fourth-order valence-corrected chi connectivity index (χ4v) is 2.88. The van der Waals surface area contributed by atoms with Crippen LogP contribution in [-0.2, 0) is 12.0 Å². The third kappa shape index (κ3) is 4.16. The highest BCUT2D eigenvalue weighted by Gasteiger charge is 2.24. The summed E-state index contributed by atoms with van der Waals surface area (Å²) in [6, 6.07) is 3.38. The van der Waals surface area contributed by atoms with Crippen LogP contribution < -0.4 is 5.56 Å². The quantitative estimate of drug-likeness (QED) is 0.832. The van der Waals surface area contributed by atoms with Gasteiger partial charge in [0, 0.05) is 44.2 Å². The maximum atomic E-state index is 12.2. The highest BCUT2D eigenvalue weighted by Crippen LogP contribution is 2.18. The molecule has 0 atom stereocenters. The van der Waals surface area contributed by atoms with Crippen LogP contribution in [0.15, 0.2) is 23.3 Å². The first kappa shape index (κ1) is 18.2. The van der Waals surface area contributed by atoms with Crippen LogP contribution in [0.4, 0.5) is 0 Å². The maximum Gasteiger partial charge on any atom is 0.291 e. The number of hydrogen-bond donors (Lipinski definition) is 1. The van der Waals surface area contributed by atoms with Crippen molar-refractivity contribution in [1.29, 1.82) is 0 Å². The van der Waals surface area contributed by atoms with Gasteiger partial charge >= 0.3 is 0 Å². The van der Waals surface area contributed by atoms with Crippen molar-refractivity contribution in [2.24, 2.45) is 0 Å². The SMILES string of the molecule is CC(C)(C)c1ccc(=O)n(CCN2CCN(C(=O)c3ncn[nH]3)CC2)n1. The molecule has 2 aromatic rings. The van der Waals surface area contributed by atoms with E-state index >= 15 is 0 Å². The van der Waals surface area contributed by atoms with Crippen molar-refractivity contribution < 1.29 is 4.79 Å². The Kier molecular flexibility index (Phi) is 5.17. The van der Waals surface area contributed by atoms with Crippen LogP contribution >= 0.6 is 0 Å². The molecule has 3 heterocycles. The maximum absolute atomic E-state index is 12.2. The van der Waals surface area contributed by atoms with E-state index in [1.54, 1.807) is 17.0 Å². The molecule has 0 unspecified atom stereocenters. The minimum atomic E-state index is -0.127. The van der Waals surface area contributed by atoms with Gasteiger partial charge in [-0.1, -0.05) is 20.8 Å². The number of nitrogens with one attached hydrogen (secondary N) is 1. The van der Waals surface area contributed by atoms with E-state index in [1.165, 1.54) is 11.0 Å². The zero-order chi connectivity index (χ0) is 18.7. The van der Waals surface area contributed by atoms with Gasteiger partial charge in [0.1, 0.15) is 6.33 Å². The predicted octanol–water partition coefficient (Wildman–Crippen LogP) is 0.117. The molecular weight excluding hydrogens is 334 g/mol. The van der Waals surface area contributed by atoms with Crippen molar-refractivity contribution in [3.05, 3.63) is 40.3 Å². The molecule has 0 aromatic carbocycles. The number of aromatic nitrogens is 5. The third-order valence-corrected chi connectivity index (χ3v) is 4.54. The minimum Gasteiger partial charge on any atom is -0.333 e. The fourth-order valence-electron chi connectivity index (χ4n) is 2.88. The summed E-state index contributed by atoms with van der Waals surface area (Å²) in [5, 5.41) is 10.8. The standard InChI is InChI=1S/C17H25N7O2/c1-17(2,3)13-4-5-14(25)24(21-13)11-8-22-6-9-23(10-7-22)16(26)15-18-12-19-20-15/h4-5,12H,6-11H2,1-3H3,(H,18,19,20). The van der Waals surface area contributed by atoms with E-state index < -0.39 is 0 Å². The molecule has 9 heteroatoms. The predicted molar refractivity (Wildman–Crippen MR) is 95.9 cm³/mol. The van der Waals surface area contributed by atoms with E-state index in [1.807, 2.05) is 0 Å². The van der Waals surface area contributed by atoms with Crippen molar-refractivity contribution in [1.82, 2.24) is 34.8 Å². The number of H-pyrrole nitrogens is 1. The second-order valence-electron chi connectivity index (χ2n) is 7.50. The summed E-state index contributed by atoms with van der Waals surface area (Å²) in [7, 11) is 0. The Labute approximate surface area is 152 Å². The molecule has 1 aliphatic rings. The van der Waals surface area contributed by atoms with E-state index in [-0.39, 0.29) is 22.7 Å². The van der Waals surface area contributed by atoms with Crippen LogP contribution in [0.5, 0.6) is 0 Å².